The molecule has 0 spiro atoms. The second-order valence-corrected chi connectivity index (χ2v) is 4.51. The van der Waals surface area contributed by atoms with Gasteiger partial charge in [-0.1, -0.05) is 33.6 Å². The van der Waals surface area contributed by atoms with Crippen molar-refractivity contribution in [3.63, 3.8) is 0 Å². The van der Waals surface area contributed by atoms with Crippen molar-refractivity contribution in [2.75, 3.05) is 0 Å². The second-order valence-electron chi connectivity index (χ2n) is 4.51. The highest BCUT2D eigenvalue weighted by atomic mass is 19.1. The van der Waals surface area contributed by atoms with Gasteiger partial charge in [-0.15, -0.1) is 6.42 Å². The van der Waals surface area contributed by atoms with Gasteiger partial charge in [-0.25, -0.2) is 4.39 Å². The van der Waals surface area contributed by atoms with E-state index in [0.717, 1.165) is 6.07 Å². The van der Waals surface area contributed by atoms with E-state index >= 15 is 0 Å². The summed E-state index contributed by atoms with van der Waals surface area (Å²) in [5.74, 6) is 1.53. The van der Waals surface area contributed by atoms with Gasteiger partial charge in [0.2, 0.25) is 0 Å². The Morgan fingerprint density at radius 3 is 2.25 bits per heavy atom. The van der Waals surface area contributed by atoms with E-state index in [1.807, 2.05) is 27.7 Å². The molecule has 2 aromatic carbocycles. The van der Waals surface area contributed by atoms with Crippen LogP contribution in [-0.2, 0) is 0 Å². The summed E-state index contributed by atoms with van der Waals surface area (Å²) in [6.07, 6.45) is 5.34. The Bertz CT molecular complexity index is 667. The molecule has 0 amide bonds. The maximum atomic E-state index is 13.8. The van der Waals surface area contributed by atoms with Crippen molar-refractivity contribution in [2.45, 2.75) is 33.6 Å². The molecule has 2 nitrogen and oxygen atoms in total. The lowest BCUT2D eigenvalue weighted by atomic mass is 9.92. The molecule has 2 rings (SSSR count). The van der Waals surface area contributed by atoms with Crippen molar-refractivity contribution < 1.29 is 14.6 Å². The second kappa shape index (κ2) is 6.29. The van der Waals surface area contributed by atoms with Crippen LogP contribution in [0.2, 0.25) is 0 Å². The van der Waals surface area contributed by atoms with Crippen LogP contribution in [0.3, 0.4) is 0 Å². The minimum absolute atomic E-state index is 0.0241. The van der Waals surface area contributed by atoms with Crippen molar-refractivity contribution in [3.8, 4) is 23.8 Å². The average Bonchev–Trinajstić information content (AvgIpc) is 2.41. The summed E-state index contributed by atoms with van der Waals surface area (Å²) >= 11 is 0. The van der Waals surface area contributed by atoms with E-state index in [-0.39, 0.29) is 23.0 Å². The lowest BCUT2D eigenvalue weighted by Gasteiger charge is -2.14. The molecule has 0 unspecified atom stereocenters. The van der Waals surface area contributed by atoms with Crippen molar-refractivity contribution >= 4 is 10.8 Å². The predicted molar refractivity (Wildman–Crippen MR) is 80.6 cm³/mol. The minimum Gasteiger partial charge on any atom is -0.508 e. The van der Waals surface area contributed by atoms with E-state index in [4.69, 9.17) is 6.42 Å². The number of terminal acetylenes is 1. The highest BCUT2D eigenvalue weighted by Gasteiger charge is 2.16. The van der Waals surface area contributed by atoms with E-state index in [2.05, 4.69) is 5.92 Å². The third kappa shape index (κ3) is 2.70. The number of aromatic hydroxyl groups is 2. The molecule has 0 saturated heterocycles. The molecule has 0 bridgehead atoms. The molecule has 0 fully saturated rings. The molecule has 2 N–H and O–H groups in total. The molecule has 20 heavy (non-hydrogen) atoms. The van der Waals surface area contributed by atoms with Crippen LogP contribution >= 0.6 is 0 Å². The number of halogens is 1. The van der Waals surface area contributed by atoms with Gasteiger partial charge in [0.1, 0.15) is 17.3 Å². The van der Waals surface area contributed by atoms with E-state index in [9.17, 15) is 14.6 Å². The highest BCUT2D eigenvalue weighted by Crippen LogP contribution is 2.37. The fourth-order valence-electron chi connectivity index (χ4n) is 2.12. The molecule has 0 heterocycles. The zero-order valence-corrected chi connectivity index (χ0v) is 12.2. The smallest absolute Gasteiger partial charge is 0.143 e. The van der Waals surface area contributed by atoms with Crippen LogP contribution in [0.25, 0.3) is 10.8 Å². The fourth-order valence-corrected chi connectivity index (χ4v) is 2.12. The average molecular weight is 274 g/mol. The molecule has 106 valence electrons. The van der Waals surface area contributed by atoms with Gasteiger partial charge in [0, 0.05) is 16.8 Å². The van der Waals surface area contributed by atoms with Gasteiger partial charge < -0.3 is 10.2 Å². The zero-order valence-electron chi connectivity index (χ0n) is 12.2. The van der Waals surface area contributed by atoms with E-state index in [1.165, 1.54) is 6.07 Å². The minimum atomic E-state index is -0.630. The van der Waals surface area contributed by atoms with E-state index in [1.54, 1.807) is 6.07 Å². The van der Waals surface area contributed by atoms with Gasteiger partial charge in [0.05, 0.1) is 5.56 Å². The van der Waals surface area contributed by atoms with Crippen molar-refractivity contribution in [2.24, 2.45) is 0 Å². The Kier molecular flexibility index (Phi) is 4.99. The summed E-state index contributed by atoms with van der Waals surface area (Å²) in [6.45, 7) is 7.83. The summed E-state index contributed by atoms with van der Waals surface area (Å²) in [7, 11) is 0. The normalized spacial score (nSPS) is 10.1. The van der Waals surface area contributed by atoms with Crippen LogP contribution in [0, 0.1) is 18.2 Å². The lowest BCUT2D eigenvalue weighted by Crippen LogP contribution is -1.95. The predicted octanol–water partition coefficient (Wildman–Crippen LogP) is 4.52. The number of benzene rings is 2. The first-order valence-corrected chi connectivity index (χ1v) is 6.60. The van der Waals surface area contributed by atoms with Gasteiger partial charge in [-0.05, 0) is 23.6 Å². The van der Waals surface area contributed by atoms with E-state index in [0.29, 0.717) is 16.3 Å². The Morgan fingerprint density at radius 1 is 1.15 bits per heavy atom. The Balaban J connectivity index is 0.000000956. The summed E-state index contributed by atoms with van der Waals surface area (Å²) in [5.41, 5.74) is 0.833. The molecule has 0 aliphatic carbocycles. The third-order valence-corrected chi connectivity index (χ3v) is 2.95. The van der Waals surface area contributed by atoms with Crippen molar-refractivity contribution in [1.82, 2.24) is 0 Å². The maximum absolute atomic E-state index is 13.8. The number of hydrogen-bond donors (Lipinski definition) is 2. The third-order valence-electron chi connectivity index (χ3n) is 2.95. The summed E-state index contributed by atoms with van der Waals surface area (Å²) in [6, 6.07) is 3.91. The summed E-state index contributed by atoms with van der Waals surface area (Å²) in [5, 5.41) is 20.3. The number of phenolic OH excluding ortho intramolecular Hbond substituents is 2. The topological polar surface area (TPSA) is 40.5 Å². The maximum Gasteiger partial charge on any atom is 0.143 e. The van der Waals surface area contributed by atoms with Gasteiger partial charge in [0.15, 0.2) is 0 Å². The molecule has 3 heteroatoms. The monoisotopic (exact) mass is 274 g/mol. The quantitative estimate of drug-likeness (QED) is 0.750. The van der Waals surface area contributed by atoms with Gasteiger partial charge >= 0.3 is 0 Å². The molecule has 0 saturated carbocycles. The SMILES string of the molecule is C#Cc1c(F)cc(O)c2cc(O)cc(C(C)C)c12.CC. The van der Waals surface area contributed by atoms with Gasteiger partial charge in [0.25, 0.3) is 0 Å². The van der Waals surface area contributed by atoms with Gasteiger partial charge in [-0.2, -0.15) is 0 Å². The molecule has 0 aliphatic heterocycles. The molecule has 0 radical (unpaired) electrons. The van der Waals surface area contributed by atoms with E-state index < -0.39 is 5.82 Å². The van der Waals surface area contributed by atoms with Crippen LogP contribution in [0.4, 0.5) is 4.39 Å². The standard InChI is InChI=1S/C15H13FO2.C2H6/c1-4-10-13(16)7-14(18)12-6-9(17)5-11(8(2)3)15(10)12;1-2/h1,5-8,17-18H,2-3H3;1-2H3. The number of hydrogen-bond acceptors (Lipinski definition) is 2. The summed E-state index contributed by atoms with van der Waals surface area (Å²) in [4.78, 5) is 0. The lowest BCUT2D eigenvalue weighted by molar-refractivity contribution is 0.468. The summed E-state index contributed by atoms with van der Waals surface area (Å²) < 4.78 is 13.8. The molecule has 0 aromatic heterocycles. The van der Waals surface area contributed by atoms with Gasteiger partial charge in [-0.3, -0.25) is 0 Å². The largest absolute Gasteiger partial charge is 0.508 e. The Hall–Kier alpha value is -2.21. The first kappa shape index (κ1) is 15.8. The van der Waals surface area contributed by atoms with Crippen LogP contribution in [0.1, 0.15) is 44.7 Å². The van der Waals surface area contributed by atoms with Crippen molar-refractivity contribution in [1.29, 1.82) is 0 Å². The molecule has 2 aromatic rings. The zero-order chi connectivity index (χ0) is 15.4. The fraction of sp³-hybridized carbons (Fsp3) is 0.294. The Morgan fingerprint density at radius 2 is 1.75 bits per heavy atom. The number of rotatable bonds is 1. The highest BCUT2D eigenvalue weighted by molar-refractivity contribution is 5.96. The van der Waals surface area contributed by atoms with Crippen LogP contribution in [-0.4, -0.2) is 10.2 Å². The van der Waals surface area contributed by atoms with Crippen LogP contribution in [0.5, 0.6) is 11.5 Å². The molecular formula is C17H19FO2. The molecule has 0 atom stereocenters. The Labute approximate surface area is 118 Å². The van der Waals surface area contributed by atoms with Crippen molar-refractivity contribution in [3.05, 3.63) is 35.1 Å². The number of fused-ring (bicyclic) bond motifs is 1. The van der Waals surface area contributed by atoms with Crippen LogP contribution < -0.4 is 0 Å². The first-order chi connectivity index (χ1) is 9.45. The molecule has 0 aliphatic rings. The van der Waals surface area contributed by atoms with Crippen LogP contribution in [0.15, 0.2) is 18.2 Å². The number of phenols is 2. The first-order valence-electron chi connectivity index (χ1n) is 6.60. The molecular weight excluding hydrogens is 255 g/mol.